The number of ether oxygens (including phenoxy) is 1. The van der Waals surface area contributed by atoms with Gasteiger partial charge in [0.2, 0.25) is 0 Å². The molecule has 0 spiro atoms. The fourth-order valence-corrected chi connectivity index (χ4v) is 2.84. The van der Waals surface area contributed by atoms with Crippen molar-refractivity contribution < 1.29 is 4.74 Å². The molecule has 0 bridgehead atoms. The minimum Gasteiger partial charge on any atom is -0.497 e. The molecule has 3 heteroatoms. The average Bonchev–Trinajstić information content (AvgIpc) is 2.54. The van der Waals surface area contributed by atoms with Crippen LogP contribution in [0.4, 0.5) is 0 Å². The third kappa shape index (κ3) is 2.97. The van der Waals surface area contributed by atoms with Gasteiger partial charge in [0.15, 0.2) is 0 Å². The van der Waals surface area contributed by atoms with Crippen molar-refractivity contribution in [2.45, 2.75) is 12.5 Å². The third-order valence-electron chi connectivity index (χ3n) is 3.93. The molecule has 0 aromatic heterocycles. The van der Waals surface area contributed by atoms with Crippen LogP contribution < -0.4 is 10.1 Å². The molecule has 110 valence electrons. The Hall–Kier alpha value is -1.77. The van der Waals surface area contributed by atoms with E-state index in [0.717, 1.165) is 12.2 Å². The quantitative estimate of drug-likeness (QED) is 0.917. The van der Waals surface area contributed by atoms with Crippen molar-refractivity contribution in [3.05, 3.63) is 71.3 Å². The first-order valence-electron chi connectivity index (χ1n) is 6.94. The van der Waals surface area contributed by atoms with E-state index >= 15 is 0 Å². The Kier molecular flexibility index (Phi) is 5.05. The summed E-state index contributed by atoms with van der Waals surface area (Å²) < 4.78 is 5.23. The molecule has 1 N–H and O–H groups in total. The van der Waals surface area contributed by atoms with Gasteiger partial charge in [-0.25, -0.2) is 0 Å². The summed E-state index contributed by atoms with van der Waals surface area (Å²) in [6.07, 6.45) is 3.35. The van der Waals surface area contributed by atoms with E-state index in [0.29, 0.717) is 6.04 Å². The highest BCUT2D eigenvalue weighted by Crippen LogP contribution is 2.36. The van der Waals surface area contributed by atoms with Crippen molar-refractivity contribution in [2.75, 3.05) is 14.2 Å². The van der Waals surface area contributed by atoms with Crippen molar-refractivity contribution in [1.29, 1.82) is 0 Å². The van der Waals surface area contributed by atoms with Crippen LogP contribution in [0.1, 0.15) is 29.2 Å². The smallest absolute Gasteiger partial charge is 0.118 e. The summed E-state index contributed by atoms with van der Waals surface area (Å²) in [6.45, 7) is 0. The van der Waals surface area contributed by atoms with Crippen LogP contribution in [0, 0.1) is 0 Å². The van der Waals surface area contributed by atoms with Crippen molar-refractivity contribution in [2.24, 2.45) is 0 Å². The lowest BCUT2D eigenvalue weighted by Crippen LogP contribution is -2.19. The maximum absolute atomic E-state index is 5.23. The molecule has 1 aliphatic rings. The number of fused-ring (bicyclic) bond motifs is 1. The zero-order valence-corrected chi connectivity index (χ0v) is 13.1. The van der Waals surface area contributed by atoms with Gasteiger partial charge in [-0.3, -0.25) is 0 Å². The van der Waals surface area contributed by atoms with Gasteiger partial charge in [-0.2, -0.15) is 0 Å². The summed E-state index contributed by atoms with van der Waals surface area (Å²) >= 11 is 0. The number of methoxy groups -OCH3 is 1. The Labute approximate surface area is 132 Å². The molecular formula is C18H20ClNO. The fraction of sp³-hybridized carbons (Fsp3) is 0.222. The number of halogens is 1. The van der Waals surface area contributed by atoms with E-state index in [1.165, 1.54) is 22.3 Å². The molecule has 0 aliphatic heterocycles. The summed E-state index contributed by atoms with van der Waals surface area (Å²) in [5.41, 5.74) is 5.26. The van der Waals surface area contributed by atoms with E-state index in [-0.39, 0.29) is 12.4 Å². The first-order valence-corrected chi connectivity index (χ1v) is 6.94. The van der Waals surface area contributed by atoms with Crippen LogP contribution in [0.3, 0.4) is 0 Å². The molecule has 0 saturated carbocycles. The maximum Gasteiger partial charge on any atom is 0.118 e. The second-order valence-electron chi connectivity index (χ2n) is 5.01. The first-order chi connectivity index (χ1) is 9.83. The van der Waals surface area contributed by atoms with Crippen molar-refractivity contribution in [3.63, 3.8) is 0 Å². The second-order valence-corrected chi connectivity index (χ2v) is 5.01. The Morgan fingerprint density at radius 3 is 2.43 bits per heavy atom. The largest absolute Gasteiger partial charge is 0.497 e. The molecule has 0 heterocycles. The third-order valence-corrected chi connectivity index (χ3v) is 3.93. The Morgan fingerprint density at radius 2 is 1.76 bits per heavy atom. The van der Waals surface area contributed by atoms with Crippen molar-refractivity contribution >= 4 is 18.0 Å². The van der Waals surface area contributed by atoms with Gasteiger partial charge in [0, 0.05) is 6.04 Å². The summed E-state index contributed by atoms with van der Waals surface area (Å²) in [4.78, 5) is 0. The zero-order chi connectivity index (χ0) is 13.9. The topological polar surface area (TPSA) is 21.3 Å². The van der Waals surface area contributed by atoms with E-state index in [1.807, 2.05) is 19.2 Å². The normalized spacial score (nSPS) is 16.5. The highest BCUT2D eigenvalue weighted by molar-refractivity contribution is 5.85. The first kappa shape index (κ1) is 15.6. The lowest BCUT2D eigenvalue weighted by atomic mass is 9.84. The van der Waals surface area contributed by atoms with Crippen LogP contribution in [0.5, 0.6) is 5.75 Å². The standard InChI is InChI=1S/C18H19NO.ClH/c1-19-18-12-11-15(16-5-3-4-6-17(16)18)13-7-9-14(20-2)10-8-13;/h3-11,18-19H,12H2,1-2H3;1H. The van der Waals surface area contributed by atoms with E-state index in [2.05, 4.69) is 47.8 Å². The van der Waals surface area contributed by atoms with E-state index in [4.69, 9.17) is 4.74 Å². The molecule has 2 nitrogen and oxygen atoms in total. The van der Waals surface area contributed by atoms with Gasteiger partial charge < -0.3 is 10.1 Å². The number of hydrogen-bond acceptors (Lipinski definition) is 2. The Morgan fingerprint density at radius 1 is 1.05 bits per heavy atom. The molecule has 2 aromatic rings. The van der Waals surface area contributed by atoms with Crippen LogP contribution >= 0.6 is 12.4 Å². The number of rotatable bonds is 3. The minimum absolute atomic E-state index is 0. The van der Waals surface area contributed by atoms with Gasteiger partial charge in [0.25, 0.3) is 0 Å². The molecule has 1 unspecified atom stereocenters. The highest BCUT2D eigenvalue weighted by atomic mass is 35.5. The van der Waals surface area contributed by atoms with E-state index < -0.39 is 0 Å². The molecule has 0 radical (unpaired) electrons. The monoisotopic (exact) mass is 301 g/mol. The van der Waals surface area contributed by atoms with Crippen LogP contribution in [0.25, 0.3) is 5.57 Å². The predicted molar refractivity (Wildman–Crippen MR) is 90.2 cm³/mol. The molecule has 0 saturated heterocycles. The molecule has 2 aromatic carbocycles. The van der Waals surface area contributed by atoms with Crippen molar-refractivity contribution in [1.82, 2.24) is 5.32 Å². The fourth-order valence-electron chi connectivity index (χ4n) is 2.84. The summed E-state index contributed by atoms with van der Waals surface area (Å²) in [6, 6.07) is 17.3. The van der Waals surface area contributed by atoms with Gasteiger partial charge in [0.1, 0.15) is 5.75 Å². The van der Waals surface area contributed by atoms with E-state index in [9.17, 15) is 0 Å². The van der Waals surface area contributed by atoms with Gasteiger partial charge in [-0.05, 0) is 47.9 Å². The molecule has 3 rings (SSSR count). The van der Waals surface area contributed by atoms with Crippen molar-refractivity contribution in [3.8, 4) is 5.75 Å². The molecule has 0 amide bonds. The molecule has 1 aliphatic carbocycles. The van der Waals surface area contributed by atoms with Crippen LogP contribution in [-0.2, 0) is 0 Å². The van der Waals surface area contributed by atoms with Gasteiger partial charge in [-0.15, -0.1) is 12.4 Å². The molecule has 1 atom stereocenters. The molecule has 21 heavy (non-hydrogen) atoms. The number of benzene rings is 2. The predicted octanol–water partition coefficient (Wildman–Crippen LogP) is 4.21. The zero-order valence-electron chi connectivity index (χ0n) is 12.3. The minimum atomic E-state index is 0. The highest BCUT2D eigenvalue weighted by Gasteiger charge is 2.20. The maximum atomic E-state index is 5.23. The second kappa shape index (κ2) is 6.79. The van der Waals surface area contributed by atoms with Gasteiger partial charge in [0.05, 0.1) is 7.11 Å². The summed E-state index contributed by atoms with van der Waals surface area (Å²) in [7, 11) is 3.72. The Balaban J connectivity index is 0.00000161. The molecular weight excluding hydrogens is 282 g/mol. The Bertz CT molecular complexity index is 634. The van der Waals surface area contributed by atoms with Crippen LogP contribution in [0.15, 0.2) is 54.6 Å². The van der Waals surface area contributed by atoms with Crippen LogP contribution in [-0.4, -0.2) is 14.2 Å². The SMILES string of the molecule is CNC1CC=C(c2ccc(OC)cc2)c2ccccc21.Cl. The molecule has 0 fully saturated rings. The van der Waals surface area contributed by atoms with Gasteiger partial charge >= 0.3 is 0 Å². The lowest BCUT2D eigenvalue weighted by molar-refractivity contribution is 0.415. The van der Waals surface area contributed by atoms with Crippen LogP contribution in [0.2, 0.25) is 0 Å². The van der Waals surface area contributed by atoms with Gasteiger partial charge in [-0.1, -0.05) is 42.5 Å². The summed E-state index contributed by atoms with van der Waals surface area (Å²) in [5, 5.41) is 3.39. The number of nitrogens with one attached hydrogen (secondary N) is 1. The number of hydrogen-bond donors (Lipinski definition) is 1. The van der Waals surface area contributed by atoms with E-state index in [1.54, 1.807) is 7.11 Å². The lowest BCUT2D eigenvalue weighted by Gasteiger charge is -2.25. The summed E-state index contributed by atoms with van der Waals surface area (Å²) in [5.74, 6) is 0.895. The average molecular weight is 302 g/mol.